The Morgan fingerprint density at radius 3 is 2.76 bits per heavy atom. The maximum atomic E-state index is 11.9. The number of aromatic amines is 1. The minimum absolute atomic E-state index is 0.166. The second-order valence-corrected chi connectivity index (χ2v) is 6.03. The Balaban J connectivity index is 2.22. The molecule has 2 heterocycles. The third-order valence-electron chi connectivity index (χ3n) is 3.86. The first-order valence-electron chi connectivity index (χ1n) is 7.38. The number of aromatic nitrogens is 2. The van der Waals surface area contributed by atoms with Crippen LogP contribution in [0, 0.1) is 11.8 Å². The van der Waals surface area contributed by atoms with Crippen LogP contribution in [0.2, 0.25) is 0 Å². The van der Waals surface area contributed by atoms with Crippen LogP contribution in [-0.2, 0) is 11.3 Å². The fraction of sp³-hybridized carbons (Fsp3) is 0.714. The summed E-state index contributed by atoms with van der Waals surface area (Å²) in [6, 6.07) is 0. The second-order valence-electron chi connectivity index (χ2n) is 6.03. The standard InChI is InChI=1S/C14H24N4O3/c1-8(2)7-18-12(15)11(13(19)17-14(18)20)16-6-10-4-5-21-9(10)3/h8-10,16H,4-7,15H2,1-3H3,(H,17,19,20). The zero-order valence-electron chi connectivity index (χ0n) is 12.8. The lowest BCUT2D eigenvalue weighted by Crippen LogP contribution is -2.36. The highest BCUT2D eigenvalue weighted by Gasteiger charge is 2.24. The van der Waals surface area contributed by atoms with Gasteiger partial charge in [-0.15, -0.1) is 0 Å². The van der Waals surface area contributed by atoms with E-state index in [1.54, 1.807) is 0 Å². The largest absolute Gasteiger partial charge is 0.383 e. The van der Waals surface area contributed by atoms with E-state index in [-0.39, 0.29) is 23.5 Å². The minimum atomic E-state index is -0.468. The van der Waals surface area contributed by atoms with Crippen molar-refractivity contribution in [1.82, 2.24) is 9.55 Å². The van der Waals surface area contributed by atoms with Gasteiger partial charge in [-0.1, -0.05) is 13.8 Å². The van der Waals surface area contributed by atoms with E-state index in [1.165, 1.54) is 4.57 Å². The Hall–Kier alpha value is -1.76. The Kier molecular flexibility index (Phi) is 4.72. The van der Waals surface area contributed by atoms with E-state index < -0.39 is 11.2 Å². The number of nitrogens with two attached hydrogens (primary N) is 1. The Morgan fingerprint density at radius 2 is 2.19 bits per heavy atom. The average molecular weight is 296 g/mol. The maximum Gasteiger partial charge on any atom is 0.330 e. The molecule has 2 unspecified atom stereocenters. The number of rotatable bonds is 5. The molecule has 0 radical (unpaired) electrons. The Morgan fingerprint density at radius 1 is 1.48 bits per heavy atom. The van der Waals surface area contributed by atoms with Crippen molar-refractivity contribution in [1.29, 1.82) is 0 Å². The van der Waals surface area contributed by atoms with Crippen LogP contribution in [0.25, 0.3) is 0 Å². The molecule has 1 aromatic heterocycles. The zero-order chi connectivity index (χ0) is 15.6. The maximum absolute atomic E-state index is 11.9. The summed E-state index contributed by atoms with van der Waals surface area (Å²) in [7, 11) is 0. The lowest BCUT2D eigenvalue weighted by atomic mass is 10.0. The number of nitrogens with zero attached hydrogens (tertiary/aromatic N) is 1. The third-order valence-corrected chi connectivity index (χ3v) is 3.86. The summed E-state index contributed by atoms with van der Waals surface area (Å²) in [5.41, 5.74) is 5.34. The summed E-state index contributed by atoms with van der Waals surface area (Å²) >= 11 is 0. The molecule has 1 saturated heterocycles. The molecule has 1 aromatic rings. The van der Waals surface area contributed by atoms with Crippen LogP contribution in [0.1, 0.15) is 27.2 Å². The van der Waals surface area contributed by atoms with Gasteiger partial charge in [0.05, 0.1) is 6.10 Å². The molecule has 1 aliphatic heterocycles. The van der Waals surface area contributed by atoms with Gasteiger partial charge >= 0.3 is 5.69 Å². The van der Waals surface area contributed by atoms with E-state index in [0.717, 1.165) is 13.0 Å². The molecular weight excluding hydrogens is 272 g/mol. The van der Waals surface area contributed by atoms with Crippen molar-refractivity contribution in [3.05, 3.63) is 20.8 Å². The molecule has 0 aromatic carbocycles. The van der Waals surface area contributed by atoms with Gasteiger partial charge in [0, 0.05) is 25.6 Å². The number of anilines is 2. The zero-order valence-corrected chi connectivity index (χ0v) is 12.8. The van der Waals surface area contributed by atoms with Crippen molar-refractivity contribution in [3.63, 3.8) is 0 Å². The molecule has 21 heavy (non-hydrogen) atoms. The van der Waals surface area contributed by atoms with Crippen LogP contribution >= 0.6 is 0 Å². The van der Waals surface area contributed by atoms with E-state index in [1.807, 2.05) is 20.8 Å². The topological polar surface area (TPSA) is 102 Å². The van der Waals surface area contributed by atoms with Gasteiger partial charge in [-0.25, -0.2) is 4.79 Å². The molecule has 118 valence electrons. The molecule has 0 spiro atoms. The number of ether oxygens (including phenoxy) is 1. The number of hydrogen-bond donors (Lipinski definition) is 3. The first-order chi connectivity index (χ1) is 9.90. The van der Waals surface area contributed by atoms with Crippen molar-refractivity contribution >= 4 is 11.5 Å². The van der Waals surface area contributed by atoms with Crippen LogP contribution in [0.15, 0.2) is 9.59 Å². The lowest BCUT2D eigenvalue weighted by molar-refractivity contribution is 0.108. The van der Waals surface area contributed by atoms with Gasteiger partial charge in [0.25, 0.3) is 5.56 Å². The van der Waals surface area contributed by atoms with Gasteiger partial charge in [0.15, 0.2) is 0 Å². The molecule has 7 heteroatoms. The summed E-state index contributed by atoms with van der Waals surface area (Å²) < 4.78 is 6.90. The lowest BCUT2D eigenvalue weighted by Gasteiger charge is -2.18. The molecule has 0 amide bonds. The summed E-state index contributed by atoms with van der Waals surface area (Å²) in [4.78, 5) is 26.1. The van der Waals surface area contributed by atoms with Crippen LogP contribution < -0.4 is 22.3 Å². The van der Waals surface area contributed by atoms with Gasteiger partial charge < -0.3 is 15.8 Å². The van der Waals surface area contributed by atoms with Crippen molar-refractivity contribution in [2.45, 2.75) is 39.8 Å². The van der Waals surface area contributed by atoms with E-state index >= 15 is 0 Å². The highest BCUT2D eigenvalue weighted by Crippen LogP contribution is 2.21. The average Bonchev–Trinajstić information content (AvgIpc) is 2.80. The van der Waals surface area contributed by atoms with Gasteiger partial charge in [0.2, 0.25) is 0 Å². The van der Waals surface area contributed by atoms with Gasteiger partial charge in [-0.05, 0) is 19.3 Å². The molecule has 1 aliphatic rings. The molecule has 7 nitrogen and oxygen atoms in total. The number of H-pyrrole nitrogens is 1. The van der Waals surface area contributed by atoms with Crippen molar-refractivity contribution < 1.29 is 4.74 Å². The molecule has 1 fully saturated rings. The highest BCUT2D eigenvalue weighted by molar-refractivity contribution is 5.60. The number of hydrogen-bond acceptors (Lipinski definition) is 5. The first-order valence-corrected chi connectivity index (χ1v) is 7.38. The van der Waals surface area contributed by atoms with E-state index in [4.69, 9.17) is 10.5 Å². The summed E-state index contributed by atoms with van der Waals surface area (Å²) in [6.45, 7) is 7.81. The smallest absolute Gasteiger partial charge is 0.330 e. The van der Waals surface area contributed by atoms with Gasteiger partial charge in [-0.3, -0.25) is 14.3 Å². The molecule has 0 saturated carbocycles. The fourth-order valence-corrected chi connectivity index (χ4v) is 2.58. The Bertz CT molecular complexity index is 605. The number of nitrogens with one attached hydrogen (secondary N) is 2. The molecule has 0 bridgehead atoms. The number of nitrogen functional groups attached to an aromatic ring is 1. The van der Waals surface area contributed by atoms with Gasteiger partial charge in [0.1, 0.15) is 11.5 Å². The molecular formula is C14H24N4O3. The molecule has 4 N–H and O–H groups in total. The highest BCUT2D eigenvalue weighted by atomic mass is 16.5. The minimum Gasteiger partial charge on any atom is -0.383 e. The van der Waals surface area contributed by atoms with Crippen LogP contribution in [0.5, 0.6) is 0 Å². The van der Waals surface area contributed by atoms with Crippen molar-refractivity contribution in [3.8, 4) is 0 Å². The van der Waals surface area contributed by atoms with Crippen LogP contribution in [-0.4, -0.2) is 28.8 Å². The second kappa shape index (κ2) is 6.34. The fourth-order valence-electron chi connectivity index (χ4n) is 2.58. The van der Waals surface area contributed by atoms with Crippen molar-refractivity contribution in [2.24, 2.45) is 11.8 Å². The van der Waals surface area contributed by atoms with Crippen molar-refractivity contribution in [2.75, 3.05) is 24.2 Å². The first kappa shape index (κ1) is 15.6. The summed E-state index contributed by atoms with van der Waals surface area (Å²) in [5, 5.41) is 3.09. The van der Waals surface area contributed by atoms with Gasteiger partial charge in [-0.2, -0.15) is 0 Å². The molecule has 0 aliphatic carbocycles. The third kappa shape index (κ3) is 3.47. The molecule has 2 atom stereocenters. The quantitative estimate of drug-likeness (QED) is 0.739. The van der Waals surface area contributed by atoms with E-state index in [2.05, 4.69) is 10.3 Å². The summed E-state index contributed by atoms with van der Waals surface area (Å²) in [5.74, 6) is 0.797. The van der Waals surface area contributed by atoms with Crippen LogP contribution in [0.4, 0.5) is 11.5 Å². The predicted octanol–water partition coefficient (Wildman–Crippen LogP) is 0.612. The SMILES string of the molecule is CC(C)Cn1c(N)c(NCC2CCOC2C)c(=O)[nH]c1=O. The van der Waals surface area contributed by atoms with E-state index in [0.29, 0.717) is 19.0 Å². The van der Waals surface area contributed by atoms with Crippen LogP contribution in [0.3, 0.4) is 0 Å². The molecule has 2 rings (SSSR count). The monoisotopic (exact) mass is 296 g/mol. The normalized spacial score (nSPS) is 21.9. The predicted molar refractivity (Wildman–Crippen MR) is 82.6 cm³/mol. The Labute approximate surface area is 123 Å². The van der Waals surface area contributed by atoms with E-state index in [9.17, 15) is 9.59 Å². The summed E-state index contributed by atoms with van der Waals surface area (Å²) in [6.07, 6.45) is 1.12.